The number of nitrogens with one attached hydrogen (secondary N) is 1. The lowest BCUT2D eigenvalue weighted by Gasteiger charge is -2.18. The smallest absolute Gasteiger partial charge is 0.184 e. The summed E-state index contributed by atoms with van der Waals surface area (Å²) >= 11 is 1.78. The second kappa shape index (κ2) is 5.94. The normalized spacial score (nSPS) is 24.3. The van der Waals surface area contributed by atoms with Crippen LogP contribution in [0.3, 0.4) is 0 Å². The SMILES string of the molecule is CC1CN=C(Nc2cccc(C3OCCO3)c2)SC1. The molecular formula is C14H18N2O2S. The summed E-state index contributed by atoms with van der Waals surface area (Å²) in [5.74, 6) is 1.79. The van der Waals surface area contributed by atoms with Gasteiger partial charge in [0, 0.05) is 23.5 Å². The fraction of sp³-hybridized carbons (Fsp3) is 0.500. The maximum atomic E-state index is 5.51. The van der Waals surface area contributed by atoms with E-state index < -0.39 is 0 Å². The molecule has 1 fully saturated rings. The van der Waals surface area contributed by atoms with Crippen LogP contribution >= 0.6 is 11.8 Å². The van der Waals surface area contributed by atoms with Gasteiger partial charge in [-0.15, -0.1) is 0 Å². The van der Waals surface area contributed by atoms with Crippen molar-refractivity contribution >= 4 is 22.6 Å². The highest BCUT2D eigenvalue weighted by molar-refractivity contribution is 8.14. The summed E-state index contributed by atoms with van der Waals surface area (Å²) < 4.78 is 11.0. The number of nitrogens with zero attached hydrogens (tertiary/aromatic N) is 1. The summed E-state index contributed by atoms with van der Waals surface area (Å²) in [6.07, 6.45) is -0.220. The average molecular weight is 278 g/mol. The maximum Gasteiger partial charge on any atom is 0.184 e. The fourth-order valence-corrected chi connectivity index (χ4v) is 2.97. The van der Waals surface area contributed by atoms with Gasteiger partial charge >= 0.3 is 0 Å². The lowest BCUT2D eigenvalue weighted by molar-refractivity contribution is -0.0440. The Kier molecular flexibility index (Phi) is 4.06. The van der Waals surface area contributed by atoms with Crippen LogP contribution in [0.15, 0.2) is 29.3 Å². The van der Waals surface area contributed by atoms with Crippen LogP contribution in [-0.4, -0.2) is 30.7 Å². The Balaban J connectivity index is 1.69. The molecule has 2 heterocycles. The number of benzene rings is 1. The number of rotatable bonds is 2. The van der Waals surface area contributed by atoms with Crippen LogP contribution in [0, 0.1) is 5.92 Å². The molecule has 0 amide bonds. The second-order valence-electron chi connectivity index (χ2n) is 4.89. The molecule has 1 N–H and O–H groups in total. The van der Waals surface area contributed by atoms with Crippen LogP contribution in [0.25, 0.3) is 0 Å². The van der Waals surface area contributed by atoms with Gasteiger partial charge in [0.15, 0.2) is 11.5 Å². The van der Waals surface area contributed by atoms with Gasteiger partial charge in [0.25, 0.3) is 0 Å². The molecule has 0 saturated carbocycles. The quantitative estimate of drug-likeness (QED) is 0.903. The minimum absolute atomic E-state index is 0.220. The number of hydrogen-bond acceptors (Lipinski definition) is 5. The van der Waals surface area contributed by atoms with Gasteiger partial charge in [-0.1, -0.05) is 30.8 Å². The van der Waals surface area contributed by atoms with Gasteiger partial charge in [0.1, 0.15) is 0 Å². The highest BCUT2D eigenvalue weighted by Crippen LogP contribution is 2.26. The van der Waals surface area contributed by atoms with E-state index in [1.807, 2.05) is 18.2 Å². The molecule has 1 aromatic carbocycles. The van der Waals surface area contributed by atoms with Gasteiger partial charge in [-0.3, -0.25) is 4.99 Å². The topological polar surface area (TPSA) is 42.9 Å². The van der Waals surface area contributed by atoms with E-state index in [4.69, 9.17) is 9.47 Å². The largest absolute Gasteiger partial charge is 0.346 e. The number of anilines is 1. The van der Waals surface area contributed by atoms with Crippen LogP contribution in [0.5, 0.6) is 0 Å². The van der Waals surface area contributed by atoms with E-state index in [9.17, 15) is 0 Å². The average Bonchev–Trinajstić information content (AvgIpc) is 2.96. The molecule has 1 aromatic rings. The molecule has 1 atom stereocenters. The van der Waals surface area contributed by atoms with Gasteiger partial charge in [-0.25, -0.2) is 0 Å². The predicted octanol–water partition coefficient (Wildman–Crippen LogP) is 2.88. The molecule has 0 bridgehead atoms. The molecule has 5 heteroatoms. The van der Waals surface area contributed by atoms with E-state index in [0.29, 0.717) is 19.1 Å². The molecule has 19 heavy (non-hydrogen) atoms. The van der Waals surface area contributed by atoms with E-state index >= 15 is 0 Å². The molecule has 0 aromatic heterocycles. The van der Waals surface area contributed by atoms with Crippen LogP contribution in [0.1, 0.15) is 18.8 Å². The standard InChI is InChI=1S/C14H18N2O2S/c1-10-8-15-14(19-9-10)16-12-4-2-3-11(7-12)13-17-5-6-18-13/h2-4,7,10,13H,5-6,8-9H2,1H3,(H,15,16). The molecule has 102 valence electrons. The zero-order valence-electron chi connectivity index (χ0n) is 11.0. The van der Waals surface area contributed by atoms with E-state index in [1.165, 1.54) is 0 Å². The van der Waals surface area contributed by atoms with Crippen molar-refractivity contribution in [1.29, 1.82) is 0 Å². The summed E-state index contributed by atoms with van der Waals surface area (Å²) in [5, 5.41) is 4.37. The minimum Gasteiger partial charge on any atom is -0.346 e. The molecular weight excluding hydrogens is 260 g/mol. The van der Waals surface area contributed by atoms with Crippen molar-refractivity contribution < 1.29 is 9.47 Å². The van der Waals surface area contributed by atoms with Crippen molar-refractivity contribution in [2.24, 2.45) is 10.9 Å². The van der Waals surface area contributed by atoms with Crippen LogP contribution in [0.4, 0.5) is 5.69 Å². The molecule has 0 radical (unpaired) electrons. The van der Waals surface area contributed by atoms with Gasteiger partial charge in [0.05, 0.1) is 13.2 Å². The van der Waals surface area contributed by atoms with Crippen LogP contribution < -0.4 is 5.32 Å². The molecule has 0 spiro atoms. The lowest BCUT2D eigenvalue weighted by atomic mass is 10.2. The first-order chi connectivity index (χ1) is 9.31. The molecule has 3 rings (SSSR count). The Morgan fingerprint density at radius 2 is 2.16 bits per heavy atom. The Morgan fingerprint density at radius 3 is 2.89 bits per heavy atom. The summed E-state index contributed by atoms with van der Waals surface area (Å²) in [6, 6.07) is 8.15. The first-order valence-corrected chi connectivity index (χ1v) is 7.57. The van der Waals surface area contributed by atoms with Crippen molar-refractivity contribution in [2.75, 3.05) is 30.8 Å². The van der Waals surface area contributed by atoms with Gasteiger partial charge in [0.2, 0.25) is 0 Å². The van der Waals surface area contributed by atoms with E-state index in [-0.39, 0.29) is 6.29 Å². The molecule has 1 unspecified atom stereocenters. The monoisotopic (exact) mass is 278 g/mol. The van der Waals surface area contributed by atoms with Crippen molar-refractivity contribution in [2.45, 2.75) is 13.2 Å². The highest BCUT2D eigenvalue weighted by Gasteiger charge is 2.18. The molecule has 1 saturated heterocycles. The predicted molar refractivity (Wildman–Crippen MR) is 78.6 cm³/mol. The first kappa shape index (κ1) is 13.0. The zero-order chi connectivity index (χ0) is 13.1. The van der Waals surface area contributed by atoms with Crippen molar-refractivity contribution in [1.82, 2.24) is 0 Å². The Bertz CT molecular complexity index is 472. The molecule has 4 nitrogen and oxygen atoms in total. The molecule has 0 aliphatic carbocycles. The molecule has 2 aliphatic heterocycles. The van der Waals surface area contributed by atoms with E-state index in [2.05, 4.69) is 23.3 Å². The highest BCUT2D eigenvalue weighted by atomic mass is 32.2. The third-order valence-electron chi connectivity index (χ3n) is 3.08. The van der Waals surface area contributed by atoms with Crippen molar-refractivity contribution in [3.8, 4) is 0 Å². The zero-order valence-corrected chi connectivity index (χ0v) is 11.8. The maximum absolute atomic E-state index is 5.51. The van der Waals surface area contributed by atoms with Gasteiger partial charge in [-0.05, 0) is 18.1 Å². The van der Waals surface area contributed by atoms with E-state index in [0.717, 1.165) is 28.7 Å². The number of hydrogen-bond donors (Lipinski definition) is 1. The summed E-state index contributed by atoms with van der Waals surface area (Å²) in [7, 11) is 0. The number of thioether (sulfide) groups is 1. The minimum atomic E-state index is -0.220. The van der Waals surface area contributed by atoms with Crippen LogP contribution in [-0.2, 0) is 9.47 Å². The summed E-state index contributed by atoms with van der Waals surface area (Å²) in [6.45, 7) is 4.47. The number of aliphatic imine (C=N–C) groups is 1. The van der Waals surface area contributed by atoms with Crippen LogP contribution in [0.2, 0.25) is 0 Å². The Morgan fingerprint density at radius 1 is 1.32 bits per heavy atom. The second-order valence-corrected chi connectivity index (χ2v) is 5.89. The third kappa shape index (κ3) is 3.29. The Hall–Kier alpha value is -1.04. The van der Waals surface area contributed by atoms with Crippen molar-refractivity contribution in [3.63, 3.8) is 0 Å². The first-order valence-electron chi connectivity index (χ1n) is 6.59. The third-order valence-corrected chi connectivity index (χ3v) is 4.32. The fourth-order valence-electron chi connectivity index (χ4n) is 2.07. The molecule has 2 aliphatic rings. The number of ether oxygens (including phenoxy) is 2. The van der Waals surface area contributed by atoms with Crippen molar-refractivity contribution in [3.05, 3.63) is 29.8 Å². The number of amidine groups is 1. The Labute approximate surface area is 117 Å². The summed E-state index contributed by atoms with van der Waals surface area (Å²) in [4.78, 5) is 4.54. The van der Waals surface area contributed by atoms with Gasteiger partial charge < -0.3 is 14.8 Å². The summed E-state index contributed by atoms with van der Waals surface area (Å²) in [5.41, 5.74) is 2.09. The van der Waals surface area contributed by atoms with Gasteiger partial charge in [-0.2, -0.15) is 0 Å². The lowest BCUT2D eigenvalue weighted by Crippen LogP contribution is -2.18. The van der Waals surface area contributed by atoms with E-state index in [1.54, 1.807) is 11.8 Å².